The lowest BCUT2D eigenvalue weighted by Crippen LogP contribution is -2.51. The van der Waals surface area contributed by atoms with Crippen LogP contribution in [0.1, 0.15) is 25.7 Å². The van der Waals surface area contributed by atoms with E-state index in [4.69, 9.17) is 4.74 Å². The summed E-state index contributed by atoms with van der Waals surface area (Å²) in [5, 5.41) is 5.73. The number of likely N-dealkylation sites (tertiary alicyclic amines) is 1. The lowest BCUT2D eigenvalue weighted by atomic mass is 9.93. The Hall–Kier alpha value is -2.00. The van der Waals surface area contributed by atoms with Gasteiger partial charge in [0.1, 0.15) is 0 Å². The summed E-state index contributed by atoms with van der Waals surface area (Å²) in [7, 11) is 3.29. The average Bonchev–Trinajstić information content (AvgIpc) is 2.74. The summed E-state index contributed by atoms with van der Waals surface area (Å²) in [6.07, 6.45) is 5.21. The molecule has 1 amide bonds. The van der Waals surface area contributed by atoms with Gasteiger partial charge in [0, 0.05) is 46.4 Å². The third-order valence-corrected chi connectivity index (χ3v) is 5.66. The van der Waals surface area contributed by atoms with Crippen LogP contribution in [0.15, 0.2) is 6.20 Å². The number of aromatic nitrogens is 2. The Labute approximate surface area is 165 Å². The van der Waals surface area contributed by atoms with Crippen LogP contribution < -0.4 is 15.5 Å². The normalized spacial score (nSPS) is 21.5. The lowest BCUT2D eigenvalue weighted by Gasteiger charge is -2.42. The highest BCUT2D eigenvalue weighted by Gasteiger charge is 2.32. The molecule has 0 aromatic carbocycles. The molecule has 0 spiro atoms. The van der Waals surface area contributed by atoms with Gasteiger partial charge in [0.25, 0.3) is 0 Å². The van der Waals surface area contributed by atoms with Crippen molar-refractivity contribution in [2.75, 3.05) is 63.7 Å². The van der Waals surface area contributed by atoms with Crippen LogP contribution in [0.25, 0.3) is 0 Å². The minimum atomic E-state index is -0.440. The molecule has 1 aromatic heterocycles. The van der Waals surface area contributed by atoms with Gasteiger partial charge < -0.3 is 20.3 Å². The Morgan fingerprint density at radius 2 is 2.11 bits per heavy atom. The molecule has 3 rings (SSSR count). The van der Waals surface area contributed by atoms with Gasteiger partial charge in [-0.1, -0.05) is 0 Å². The minimum Gasteiger partial charge on any atom is -0.383 e. The summed E-state index contributed by atoms with van der Waals surface area (Å²) in [4.78, 5) is 25.4. The van der Waals surface area contributed by atoms with E-state index < -0.39 is 5.82 Å². The topological polar surface area (TPSA) is 82.6 Å². The minimum absolute atomic E-state index is 0.0576. The number of halogens is 1. The van der Waals surface area contributed by atoms with E-state index in [2.05, 4.69) is 30.4 Å². The zero-order chi connectivity index (χ0) is 19.9. The molecule has 0 saturated carbocycles. The van der Waals surface area contributed by atoms with E-state index in [0.717, 1.165) is 51.9 Å². The zero-order valence-electron chi connectivity index (χ0n) is 16.8. The molecule has 28 heavy (non-hydrogen) atoms. The van der Waals surface area contributed by atoms with Crippen LogP contribution in [0.4, 0.5) is 16.2 Å². The number of hydrogen-bond donors (Lipinski definition) is 2. The third-order valence-electron chi connectivity index (χ3n) is 5.66. The molecule has 0 radical (unpaired) electrons. The first-order valence-corrected chi connectivity index (χ1v) is 10.1. The van der Waals surface area contributed by atoms with Gasteiger partial charge in [-0.2, -0.15) is 4.98 Å². The Balaban J connectivity index is 1.51. The van der Waals surface area contributed by atoms with Crippen LogP contribution in [0.2, 0.25) is 0 Å². The van der Waals surface area contributed by atoms with E-state index in [1.807, 2.05) is 0 Å². The van der Waals surface area contributed by atoms with Gasteiger partial charge in [-0.15, -0.1) is 0 Å². The van der Waals surface area contributed by atoms with Crippen molar-refractivity contribution in [2.24, 2.45) is 5.92 Å². The molecule has 2 saturated heterocycles. The summed E-state index contributed by atoms with van der Waals surface area (Å²) < 4.78 is 18.6. The van der Waals surface area contributed by atoms with E-state index in [1.54, 1.807) is 14.2 Å². The van der Waals surface area contributed by atoms with Gasteiger partial charge in [-0.25, -0.2) is 9.37 Å². The number of anilines is 2. The standard InChI is InChI=1S/C19H31FN6O2/c1-21-17-16(20)12-23-19(24-17)25-9-5-15(6-10-25)26-8-3-4-14(13-26)18(27)22-7-11-28-2/h12,14-15H,3-11,13H2,1-2H3,(H,22,27)(H,21,23,24). The second kappa shape index (κ2) is 9.97. The van der Waals surface area contributed by atoms with E-state index in [1.165, 1.54) is 6.20 Å². The molecule has 1 atom stereocenters. The second-order valence-corrected chi connectivity index (χ2v) is 7.45. The molecule has 8 nitrogen and oxygen atoms in total. The molecule has 0 bridgehead atoms. The Morgan fingerprint density at radius 3 is 2.82 bits per heavy atom. The number of amides is 1. The van der Waals surface area contributed by atoms with Crippen molar-refractivity contribution in [3.05, 3.63) is 12.0 Å². The van der Waals surface area contributed by atoms with E-state index >= 15 is 0 Å². The first-order valence-electron chi connectivity index (χ1n) is 10.1. The lowest BCUT2D eigenvalue weighted by molar-refractivity contribution is -0.127. The highest BCUT2D eigenvalue weighted by atomic mass is 19.1. The summed E-state index contributed by atoms with van der Waals surface area (Å²) >= 11 is 0. The summed E-state index contributed by atoms with van der Waals surface area (Å²) in [5.41, 5.74) is 0. The van der Waals surface area contributed by atoms with E-state index in [-0.39, 0.29) is 17.6 Å². The maximum absolute atomic E-state index is 13.6. The van der Waals surface area contributed by atoms with Crippen molar-refractivity contribution < 1.29 is 13.9 Å². The van der Waals surface area contributed by atoms with Crippen molar-refractivity contribution in [1.29, 1.82) is 0 Å². The quantitative estimate of drug-likeness (QED) is 0.670. The summed E-state index contributed by atoms with van der Waals surface area (Å²) in [6, 6.07) is 0.468. The smallest absolute Gasteiger partial charge is 0.227 e. The number of nitrogens with one attached hydrogen (secondary N) is 2. The van der Waals surface area contributed by atoms with Crippen molar-refractivity contribution in [2.45, 2.75) is 31.7 Å². The van der Waals surface area contributed by atoms with Crippen LogP contribution >= 0.6 is 0 Å². The number of piperidine rings is 2. The largest absolute Gasteiger partial charge is 0.383 e. The molecule has 9 heteroatoms. The molecule has 1 unspecified atom stereocenters. The zero-order valence-corrected chi connectivity index (χ0v) is 16.8. The van der Waals surface area contributed by atoms with Gasteiger partial charge in [0.15, 0.2) is 11.6 Å². The molecular weight excluding hydrogens is 363 g/mol. The number of rotatable bonds is 7. The predicted octanol–water partition coefficient (Wildman–Crippen LogP) is 1.10. The fourth-order valence-electron chi connectivity index (χ4n) is 4.09. The van der Waals surface area contributed by atoms with E-state index in [0.29, 0.717) is 25.1 Å². The van der Waals surface area contributed by atoms with Gasteiger partial charge in [-0.05, 0) is 32.2 Å². The van der Waals surface area contributed by atoms with Crippen molar-refractivity contribution in [1.82, 2.24) is 20.2 Å². The van der Waals surface area contributed by atoms with Crippen molar-refractivity contribution >= 4 is 17.7 Å². The molecular formula is C19H31FN6O2. The van der Waals surface area contributed by atoms with E-state index in [9.17, 15) is 9.18 Å². The number of carbonyl (C=O) groups excluding carboxylic acids is 1. The van der Waals surface area contributed by atoms with Crippen molar-refractivity contribution in [3.8, 4) is 0 Å². The van der Waals surface area contributed by atoms with Gasteiger partial charge in [-0.3, -0.25) is 9.69 Å². The molecule has 2 fully saturated rings. The van der Waals surface area contributed by atoms with Gasteiger partial charge in [0.2, 0.25) is 11.9 Å². The maximum Gasteiger partial charge on any atom is 0.227 e. The highest BCUT2D eigenvalue weighted by molar-refractivity contribution is 5.78. The number of nitrogens with zero attached hydrogens (tertiary/aromatic N) is 4. The first kappa shape index (κ1) is 20.7. The maximum atomic E-state index is 13.6. The first-order chi connectivity index (χ1) is 13.6. The molecule has 3 heterocycles. The fraction of sp³-hybridized carbons (Fsp3) is 0.737. The highest BCUT2D eigenvalue weighted by Crippen LogP contribution is 2.26. The summed E-state index contributed by atoms with van der Waals surface area (Å²) in [6.45, 7) is 4.64. The monoisotopic (exact) mass is 394 g/mol. The van der Waals surface area contributed by atoms with Crippen LogP contribution in [0, 0.1) is 11.7 Å². The third kappa shape index (κ3) is 5.08. The second-order valence-electron chi connectivity index (χ2n) is 7.45. The van der Waals surface area contributed by atoms with Crippen LogP contribution in [0.5, 0.6) is 0 Å². The Kier molecular flexibility index (Phi) is 7.38. The Morgan fingerprint density at radius 1 is 1.32 bits per heavy atom. The SMILES string of the molecule is CNc1nc(N2CCC(N3CCCC(C(=O)NCCOC)C3)CC2)ncc1F. The molecule has 2 aliphatic rings. The van der Waals surface area contributed by atoms with Crippen LogP contribution in [-0.4, -0.2) is 80.3 Å². The van der Waals surface area contributed by atoms with Crippen LogP contribution in [0.3, 0.4) is 0 Å². The number of carbonyl (C=O) groups is 1. The summed E-state index contributed by atoms with van der Waals surface area (Å²) in [5.74, 6) is 0.550. The Bertz CT molecular complexity index is 653. The number of methoxy groups -OCH3 is 1. The van der Waals surface area contributed by atoms with Crippen molar-refractivity contribution in [3.63, 3.8) is 0 Å². The average molecular weight is 394 g/mol. The molecule has 156 valence electrons. The molecule has 2 aliphatic heterocycles. The number of hydrogen-bond acceptors (Lipinski definition) is 7. The van der Waals surface area contributed by atoms with Gasteiger partial charge >= 0.3 is 0 Å². The fourth-order valence-corrected chi connectivity index (χ4v) is 4.09. The molecule has 0 aliphatic carbocycles. The molecule has 1 aromatic rings. The predicted molar refractivity (Wildman–Crippen MR) is 106 cm³/mol. The van der Waals surface area contributed by atoms with Crippen LogP contribution in [-0.2, 0) is 9.53 Å². The molecule has 2 N–H and O–H groups in total. The number of ether oxygens (including phenoxy) is 1. The van der Waals surface area contributed by atoms with Gasteiger partial charge in [0.05, 0.1) is 18.7 Å².